The molecule has 0 radical (unpaired) electrons. The highest BCUT2D eigenvalue weighted by atomic mass is 16.5. The number of nitrogens with one attached hydrogen (secondary N) is 1. The summed E-state index contributed by atoms with van der Waals surface area (Å²) in [5.74, 6) is 1.71. The van der Waals surface area contributed by atoms with Crippen LogP contribution in [0.3, 0.4) is 0 Å². The lowest BCUT2D eigenvalue weighted by atomic mass is 10.1. The second-order valence-electron chi connectivity index (χ2n) is 6.69. The van der Waals surface area contributed by atoms with Crippen LogP contribution in [0.4, 0.5) is 0 Å². The topological polar surface area (TPSA) is 34.4 Å². The molecular weight excluding hydrogens is 238 g/mol. The van der Waals surface area contributed by atoms with E-state index in [2.05, 4.69) is 32.2 Å². The molecule has 2 rings (SSSR count). The summed E-state index contributed by atoms with van der Waals surface area (Å²) in [7, 11) is 0. The summed E-state index contributed by atoms with van der Waals surface area (Å²) in [6, 6.07) is 2.09. The van der Waals surface area contributed by atoms with Gasteiger partial charge in [-0.05, 0) is 45.6 Å². The number of hydrogen-bond acceptors (Lipinski definition) is 3. The van der Waals surface area contributed by atoms with Crippen molar-refractivity contribution >= 4 is 0 Å². The lowest BCUT2D eigenvalue weighted by Crippen LogP contribution is -2.34. The first-order valence-electron chi connectivity index (χ1n) is 7.42. The third-order valence-electron chi connectivity index (χ3n) is 3.60. The molecule has 0 saturated heterocycles. The van der Waals surface area contributed by atoms with Gasteiger partial charge in [-0.2, -0.15) is 0 Å². The van der Waals surface area contributed by atoms with Gasteiger partial charge in [0.05, 0.1) is 6.26 Å². The molecule has 0 unspecified atom stereocenters. The smallest absolute Gasteiger partial charge is 0.129 e. The van der Waals surface area contributed by atoms with E-state index in [0.29, 0.717) is 6.61 Å². The van der Waals surface area contributed by atoms with Gasteiger partial charge in [-0.1, -0.05) is 12.8 Å². The van der Waals surface area contributed by atoms with Gasteiger partial charge in [0.1, 0.15) is 12.4 Å². The first-order chi connectivity index (χ1) is 9.03. The normalized spacial score (nSPS) is 17.2. The molecule has 0 amide bonds. The molecule has 108 valence electrons. The second kappa shape index (κ2) is 6.58. The van der Waals surface area contributed by atoms with E-state index in [0.717, 1.165) is 24.8 Å². The maximum atomic E-state index is 5.75. The van der Waals surface area contributed by atoms with Crippen LogP contribution < -0.4 is 5.32 Å². The lowest BCUT2D eigenvalue weighted by Gasteiger charge is -2.19. The zero-order valence-electron chi connectivity index (χ0n) is 12.5. The Labute approximate surface area is 116 Å². The molecule has 1 aromatic heterocycles. The van der Waals surface area contributed by atoms with Gasteiger partial charge in [-0.3, -0.25) is 0 Å². The lowest BCUT2D eigenvalue weighted by molar-refractivity contribution is 0.0771. The van der Waals surface area contributed by atoms with Gasteiger partial charge in [0.2, 0.25) is 0 Å². The molecule has 3 nitrogen and oxygen atoms in total. The first-order valence-corrected chi connectivity index (χ1v) is 7.42. The van der Waals surface area contributed by atoms with Crippen molar-refractivity contribution in [2.75, 3.05) is 6.61 Å². The molecule has 1 heterocycles. The van der Waals surface area contributed by atoms with Crippen LogP contribution in [0.25, 0.3) is 0 Å². The predicted octanol–water partition coefficient (Wildman–Crippen LogP) is 3.87. The van der Waals surface area contributed by atoms with Crippen molar-refractivity contribution in [2.24, 2.45) is 5.92 Å². The zero-order chi connectivity index (χ0) is 13.7. The highest BCUT2D eigenvalue weighted by molar-refractivity contribution is 5.12. The van der Waals surface area contributed by atoms with E-state index >= 15 is 0 Å². The molecule has 1 fully saturated rings. The van der Waals surface area contributed by atoms with Crippen LogP contribution in [0.5, 0.6) is 0 Å². The van der Waals surface area contributed by atoms with E-state index in [4.69, 9.17) is 9.15 Å². The number of ether oxygens (including phenoxy) is 1. The Morgan fingerprint density at radius 3 is 2.74 bits per heavy atom. The van der Waals surface area contributed by atoms with Crippen LogP contribution in [0.2, 0.25) is 0 Å². The average molecular weight is 265 g/mol. The fraction of sp³-hybridized carbons (Fsp3) is 0.750. The SMILES string of the molecule is CC(C)(C)NCc1coc(COCC2CCCC2)c1. The minimum atomic E-state index is 0.135. The van der Waals surface area contributed by atoms with Crippen LogP contribution in [0.15, 0.2) is 16.7 Å². The summed E-state index contributed by atoms with van der Waals surface area (Å²) in [4.78, 5) is 0. The Kier molecular flexibility index (Phi) is 5.06. The summed E-state index contributed by atoms with van der Waals surface area (Å²) in [6.07, 6.45) is 7.24. The van der Waals surface area contributed by atoms with Crippen molar-refractivity contribution in [2.45, 2.75) is 65.1 Å². The van der Waals surface area contributed by atoms with Gasteiger partial charge in [-0.25, -0.2) is 0 Å². The molecule has 1 N–H and O–H groups in total. The summed E-state index contributed by atoms with van der Waals surface area (Å²) in [6.45, 7) is 8.83. The molecule has 3 heteroatoms. The van der Waals surface area contributed by atoms with Gasteiger partial charge < -0.3 is 14.5 Å². The van der Waals surface area contributed by atoms with Crippen molar-refractivity contribution < 1.29 is 9.15 Å². The Morgan fingerprint density at radius 2 is 2.05 bits per heavy atom. The maximum absolute atomic E-state index is 5.75. The van der Waals surface area contributed by atoms with Gasteiger partial charge in [-0.15, -0.1) is 0 Å². The Balaban J connectivity index is 1.68. The minimum absolute atomic E-state index is 0.135. The fourth-order valence-electron chi connectivity index (χ4n) is 2.47. The van der Waals surface area contributed by atoms with Crippen molar-refractivity contribution in [1.82, 2.24) is 5.32 Å². The molecule has 0 bridgehead atoms. The van der Waals surface area contributed by atoms with E-state index < -0.39 is 0 Å². The van der Waals surface area contributed by atoms with Gasteiger partial charge in [0, 0.05) is 24.3 Å². The van der Waals surface area contributed by atoms with Crippen molar-refractivity contribution in [3.8, 4) is 0 Å². The van der Waals surface area contributed by atoms with E-state index in [-0.39, 0.29) is 5.54 Å². The Bertz CT molecular complexity index is 372. The van der Waals surface area contributed by atoms with Crippen LogP contribution in [-0.4, -0.2) is 12.1 Å². The second-order valence-corrected chi connectivity index (χ2v) is 6.69. The highest BCUT2D eigenvalue weighted by Crippen LogP contribution is 2.25. The number of hydrogen-bond donors (Lipinski definition) is 1. The fourth-order valence-corrected chi connectivity index (χ4v) is 2.47. The summed E-state index contributed by atoms with van der Waals surface area (Å²) in [5.41, 5.74) is 1.32. The van der Waals surface area contributed by atoms with Crippen LogP contribution in [0, 0.1) is 5.92 Å². The molecule has 1 aromatic rings. The third-order valence-corrected chi connectivity index (χ3v) is 3.60. The van der Waals surface area contributed by atoms with Crippen LogP contribution in [-0.2, 0) is 17.9 Å². The standard InChI is InChI=1S/C16H27NO2/c1-16(2,3)17-9-14-8-15(19-11-14)12-18-10-13-6-4-5-7-13/h8,11,13,17H,4-7,9-10,12H2,1-3H3. The highest BCUT2D eigenvalue weighted by Gasteiger charge is 2.15. The number of furan rings is 1. The Morgan fingerprint density at radius 1 is 1.32 bits per heavy atom. The quantitative estimate of drug-likeness (QED) is 0.847. The molecule has 1 saturated carbocycles. The molecule has 1 aliphatic carbocycles. The van der Waals surface area contributed by atoms with Gasteiger partial charge >= 0.3 is 0 Å². The van der Waals surface area contributed by atoms with Crippen molar-refractivity contribution in [1.29, 1.82) is 0 Å². The molecule has 0 aromatic carbocycles. The minimum Gasteiger partial charge on any atom is -0.467 e. The van der Waals surface area contributed by atoms with Gasteiger partial charge in [0.15, 0.2) is 0 Å². The maximum Gasteiger partial charge on any atom is 0.129 e. The van der Waals surface area contributed by atoms with Crippen LogP contribution >= 0.6 is 0 Å². The van der Waals surface area contributed by atoms with E-state index in [1.807, 2.05) is 6.26 Å². The third kappa shape index (κ3) is 5.37. The molecule has 1 aliphatic rings. The predicted molar refractivity (Wildman–Crippen MR) is 76.9 cm³/mol. The first kappa shape index (κ1) is 14.6. The van der Waals surface area contributed by atoms with Crippen molar-refractivity contribution in [3.63, 3.8) is 0 Å². The number of rotatable bonds is 6. The van der Waals surface area contributed by atoms with E-state index in [9.17, 15) is 0 Å². The molecule has 0 aliphatic heterocycles. The van der Waals surface area contributed by atoms with Crippen molar-refractivity contribution in [3.05, 3.63) is 23.7 Å². The molecular formula is C16H27NO2. The largest absolute Gasteiger partial charge is 0.467 e. The molecule has 0 atom stereocenters. The molecule has 0 spiro atoms. The van der Waals surface area contributed by atoms with Crippen LogP contribution in [0.1, 0.15) is 57.8 Å². The monoisotopic (exact) mass is 265 g/mol. The Hall–Kier alpha value is -0.800. The summed E-state index contributed by atoms with van der Waals surface area (Å²) >= 11 is 0. The van der Waals surface area contributed by atoms with E-state index in [1.165, 1.54) is 31.2 Å². The van der Waals surface area contributed by atoms with E-state index in [1.54, 1.807) is 0 Å². The molecule has 19 heavy (non-hydrogen) atoms. The summed E-state index contributed by atoms with van der Waals surface area (Å²) < 4.78 is 11.3. The average Bonchev–Trinajstić information content (AvgIpc) is 2.97. The van der Waals surface area contributed by atoms with Gasteiger partial charge in [0.25, 0.3) is 0 Å². The summed E-state index contributed by atoms with van der Waals surface area (Å²) in [5, 5.41) is 3.45. The zero-order valence-corrected chi connectivity index (χ0v) is 12.5.